The van der Waals surface area contributed by atoms with Gasteiger partial charge in [-0.15, -0.1) is 11.8 Å². The van der Waals surface area contributed by atoms with Gasteiger partial charge in [0.25, 0.3) is 0 Å². The van der Waals surface area contributed by atoms with Crippen molar-refractivity contribution in [1.82, 2.24) is 9.97 Å². The lowest BCUT2D eigenvalue weighted by Crippen LogP contribution is -2.07. The van der Waals surface area contributed by atoms with Gasteiger partial charge in [0.2, 0.25) is 0 Å². The number of benzene rings is 1. The van der Waals surface area contributed by atoms with Crippen LogP contribution in [0.5, 0.6) is 0 Å². The minimum Gasteiger partial charge on any atom is -0.370 e. The largest absolute Gasteiger partial charge is 0.370 e. The molecule has 0 amide bonds. The number of thioether (sulfide) groups is 1. The molecule has 0 bridgehead atoms. The van der Waals surface area contributed by atoms with Crippen LogP contribution in [0.1, 0.15) is 29.6 Å². The fourth-order valence-electron chi connectivity index (χ4n) is 1.94. The van der Waals surface area contributed by atoms with Gasteiger partial charge in [-0.2, -0.15) is 0 Å². The van der Waals surface area contributed by atoms with Crippen LogP contribution >= 0.6 is 11.8 Å². The normalized spacial score (nSPS) is 10.6. The summed E-state index contributed by atoms with van der Waals surface area (Å²) in [4.78, 5) is 10.5. The molecule has 20 heavy (non-hydrogen) atoms. The molecule has 2 aromatic rings. The van der Waals surface area contributed by atoms with Gasteiger partial charge in [-0.1, -0.05) is 17.7 Å². The molecule has 0 atom stereocenters. The minimum atomic E-state index is 0.795. The smallest absolute Gasteiger partial charge is 0.141 e. The standard InChI is InChI=1S/C16H21N3S/c1-5-17-16-12(3)13(4)18-15(19-16)10-20-14-8-6-7-11(2)9-14/h6-9H,5,10H2,1-4H3,(H,17,18,19). The van der Waals surface area contributed by atoms with Gasteiger partial charge in [0.15, 0.2) is 0 Å². The third-order valence-electron chi connectivity index (χ3n) is 3.14. The second-order valence-corrected chi connectivity index (χ2v) is 5.88. The van der Waals surface area contributed by atoms with Crippen molar-refractivity contribution in [1.29, 1.82) is 0 Å². The van der Waals surface area contributed by atoms with E-state index in [-0.39, 0.29) is 0 Å². The maximum absolute atomic E-state index is 4.62. The van der Waals surface area contributed by atoms with E-state index in [1.54, 1.807) is 11.8 Å². The Morgan fingerprint density at radius 2 is 1.95 bits per heavy atom. The van der Waals surface area contributed by atoms with Crippen LogP contribution in [0.15, 0.2) is 29.2 Å². The highest BCUT2D eigenvalue weighted by Crippen LogP contribution is 2.23. The maximum atomic E-state index is 4.62. The maximum Gasteiger partial charge on any atom is 0.141 e. The third-order valence-corrected chi connectivity index (χ3v) is 4.13. The quantitative estimate of drug-likeness (QED) is 0.839. The van der Waals surface area contributed by atoms with Crippen molar-refractivity contribution in [2.45, 2.75) is 38.3 Å². The Morgan fingerprint density at radius 1 is 1.15 bits per heavy atom. The molecule has 0 saturated heterocycles. The summed E-state index contributed by atoms with van der Waals surface area (Å²) < 4.78 is 0. The van der Waals surface area contributed by atoms with E-state index in [4.69, 9.17) is 0 Å². The van der Waals surface area contributed by atoms with Crippen molar-refractivity contribution in [3.05, 3.63) is 46.9 Å². The average Bonchev–Trinajstić information content (AvgIpc) is 2.42. The molecule has 1 aromatic carbocycles. The first kappa shape index (κ1) is 14.9. The highest BCUT2D eigenvalue weighted by Gasteiger charge is 2.07. The number of hydrogen-bond acceptors (Lipinski definition) is 4. The third kappa shape index (κ3) is 3.73. The molecule has 1 heterocycles. The van der Waals surface area contributed by atoms with Crippen molar-refractivity contribution in [2.24, 2.45) is 0 Å². The zero-order valence-corrected chi connectivity index (χ0v) is 13.3. The molecule has 0 fully saturated rings. The molecule has 0 radical (unpaired) electrons. The summed E-state index contributed by atoms with van der Waals surface area (Å²) in [6, 6.07) is 8.52. The van der Waals surface area contributed by atoms with E-state index in [0.29, 0.717) is 0 Å². The minimum absolute atomic E-state index is 0.795. The molecule has 0 saturated carbocycles. The number of nitrogens with one attached hydrogen (secondary N) is 1. The van der Waals surface area contributed by atoms with Crippen LogP contribution in [0.2, 0.25) is 0 Å². The van der Waals surface area contributed by atoms with Crippen LogP contribution in [0.25, 0.3) is 0 Å². The molecule has 106 valence electrons. The zero-order valence-electron chi connectivity index (χ0n) is 12.5. The Kier molecular flexibility index (Phi) is 5.01. The van der Waals surface area contributed by atoms with Crippen LogP contribution in [-0.4, -0.2) is 16.5 Å². The lowest BCUT2D eigenvalue weighted by atomic mass is 10.2. The van der Waals surface area contributed by atoms with E-state index in [1.807, 2.05) is 6.92 Å². The van der Waals surface area contributed by atoms with E-state index in [2.05, 4.69) is 60.3 Å². The van der Waals surface area contributed by atoms with Crippen LogP contribution in [-0.2, 0) is 5.75 Å². The number of aryl methyl sites for hydroxylation is 2. The Morgan fingerprint density at radius 3 is 2.65 bits per heavy atom. The van der Waals surface area contributed by atoms with E-state index >= 15 is 0 Å². The predicted octanol–water partition coefficient (Wildman–Crippen LogP) is 4.13. The van der Waals surface area contributed by atoms with Crippen LogP contribution in [0, 0.1) is 20.8 Å². The van der Waals surface area contributed by atoms with Gasteiger partial charge in [-0.3, -0.25) is 0 Å². The SMILES string of the molecule is CCNc1nc(CSc2cccc(C)c2)nc(C)c1C. The zero-order chi connectivity index (χ0) is 14.5. The summed E-state index contributed by atoms with van der Waals surface area (Å²) in [7, 11) is 0. The van der Waals surface area contributed by atoms with Crippen molar-refractivity contribution < 1.29 is 0 Å². The Labute approximate surface area is 125 Å². The summed E-state index contributed by atoms with van der Waals surface area (Å²) in [5.74, 6) is 2.64. The fraction of sp³-hybridized carbons (Fsp3) is 0.375. The lowest BCUT2D eigenvalue weighted by Gasteiger charge is -2.11. The number of hydrogen-bond donors (Lipinski definition) is 1. The lowest BCUT2D eigenvalue weighted by molar-refractivity contribution is 0.964. The molecule has 0 spiro atoms. The molecule has 3 nitrogen and oxygen atoms in total. The second kappa shape index (κ2) is 6.75. The van der Waals surface area contributed by atoms with E-state index < -0.39 is 0 Å². The van der Waals surface area contributed by atoms with E-state index in [1.165, 1.54) is 10.5 Å². The predicted molar refractivity (Wildman–Crippen MR) is 86.4 cm³/mol. The Balaban J connectivity index is 2.13. The van der Waals surface area contributed by atoms with Crippen molar-refractivity contribution >= 4 is 17.6 Å². The fourth-order valence-corrected chi connectivity index (χ4v) is 2.81. The monoisotopic (exact) mass is 287 g/mol. The van der Waals surface area contributed by atoms with Gasteiger partial charge in [0.1, 0.15) is 11.6 Å². The van der Waals surface area contributed by atoms with Crippen LogP contribution in [0.3, 0.4) is 0 Å². The van der Waals surface area contributed by atoms with E-state index in [9.17, 15) is 0 Å². The van der Waals surface area contributed by atoms with Gasteiger partial charge in [-0.25, -0.2) is 9.97 Å². The molecule has 1 aromatic heterocycles. The molecule has 4 heteroatoms. The summed E-state index contributed by atoms with van der Waals surface area (Å²) in [5.41, 5.74) is 3.47. The summed E-state index contributed by atoms with van der Waals surface area (Å²) in [6.07, 6.45) is 0. The van der Waals surface area contributed by atoms with Gasteiger partial charge in [0, 0.05) is 22.7 Å². The molecular formula is C16H21N3S. The highest BCUT2D eigenvalue weighted by atomic mass is 32.2. The average molecular weight is 287 g/mol. The Bertz CT molecular complexity index is 596. The van der Waals surface area contributed by atoms with Crippen molar-refractivity contribution in [2.75, 3.05) is 11.9 Å². The molecule has 2 rings (SSSR count). The van der Waals surface area contributed by atoms with Crippen LogP contribution < -0.4 is 5.32 Å². The summed E-state index contributed by atoms with van der Waals surface area (Å²) >= 11 is 1.78. The molecule has 0 aliphatic carbocycles. The van der Waals surface area contributed by atoms with Gasteiger partial charge in [-0.05, 0) is 39.8 Å². The number of nitrogens with zero attached hydrogens (tertiary/aromatic N) is 2. The number of anilines is 1. The summed E-state index contributed by atoms with van der Waals surface area (Å²) in [5, 5.41) is 3.30. The number of rotatable bonds is 5. The Hall–Kier alpha value is -1.55. The molecule has 0 aliphatic heterocycles. The summed E-state index contributed by atoms with van der Waals surface area (Å²) in [6.45, 7) is 9.17. The first-order chi connectivity index (χ1) is 9.60. The molecule has 0 unspecified atom stereocenters. The second-order valence-electron chi connectivity index (χ2n) is 4.83. The first-order valence-corrected chi connectivity index (χ1v) is 7.86. The van der Waals surface area contributed by atoms with Gasteiger partial charge < -0.3 is 5.32 Å². The number of aromatic nitrogens is 2. The van der Waals surface area contributed by atoms with E-state index in [0.717, 1.165) is 35.2 Å². The molecule has 1 N–H and O–H groups in total. The molecule has 0 aliphatic rings. The van der Waals surface area contributed by atoms with Gasteiger partial charge >= 0.3 is 0 Å². The van der Waals surface area contributed by atoms with Gasteiger partial charge in [0.05, 0.1) is 5.75 Å². The molecular weight excluding hydrogens is 266 g/mol. The highest BCUT2D eigenvalue weighted by molar-refractivity contribution is 7.98. The topological polar surface area (TPSA) is 37.8 Å². The first-order valence-electron chi connectivity index (χ1n) is 6.87. The van der Waals surface area contributed by atoms with Crippen molar-refractivity contribution in [3.63, 3.8) is 0 Å². The van der Waals surface area contributed by atoms with Crippen LogP contribution in [0.4, 0.5) is 5.82 Å². The van der Waals surface area contributed by atoms with Crippen molar-refractivity contribution in [3.8, 4) is 0 Å².